The number of ether oxygens (including phenoxy) is 1. The third-order valence-corrected chi connectivity index (χ3v) is 5.63. The Morgan fingerprint density at radius 1 is 1.25 bits per heavy atom. The number of nitrogens with zero attached hydrogens (tertiary/aromatic N) is 2. The molecule has 1 aromatic heterocycles. The summed E-state index contributed by atoms with van der Waals surface area (Å²) < 4.78 is 5.42. The molecule has 2 heterocycles. The first-order chi connectivity index (χ1) is 11.6. The minimum absolute atomic E-state index is 0.0716. The molecule has 1 aliphatic rings. The van der Waals surface area contributed by atoms with Gasteiger partial charge in [-0.25, -0.2) is 0 Å². The number of Topliss-reactive ketones (excluding diaryl/α,β-unsaturated/α-hetero) is 1. The summed E-state index contributed by atoms with van der Waals surface area (Å²) in [5, 5.41) is 18.1. The molecule has 2 aromatic rings. The maximum atomic E-state index is 12.7. The lowest BCUT2D eigenvalue weighted by Gasteiger charge is -2.03. The van der Waals surface area contributed by atoms with Crippen molar-refractivity contribution >= 4 is 40.0 Å². The van der Waals surface area contributed by atoms with Gasteiger partial charge < -0.3 is 4.74 Å². The average Bonchev–Trinajstić information content (AvgIpc) is 3.14. The summed E-state index contributed by atoms with van der Waals surface area (Å²) in [6.07, 6.45) is 2.60. The fourth-order valence-corrected chi connectivity index (χ4v) is 4.27. The number of allylic oxidation sites excluding steroid dienone is 1. The van der Waals surface area contributed by atoms with E-state index in [1.54, 1.807) is 0 Å². The van der Waals surface area contributed by atoms with E-state index in [1.165, 1.54) is 23.1 Å². The van der Waals surface area contributed by atoms with E-state index in [-0.39, 0.29) is 5.78 Å². The van der Waals surface area contributed by atoms with Crippen LogP contribution in [0.5, 0.6) is 5.75 Å². The molecule has 1 fully saturated rings. The SMILES string of the molecule is CCOc1ccc(/C=C2\SC(=N)[C@@H](c3nnc(CC)s3)C2=O)cc1. The number of benzene rings is 1. The number of thioether (sulfide) groups is 1. The Balaban J connectivity index is 1.82. The number of nitrogens with one attached hydrogen (secondary N) is 1. The number of hydrogen-bond donors (Lipinski definition) is 1. The minimum Gasteiger partial charge on any atom is -0.494 e. The monoisotopic (exact) mass is 359 g/mol. The van der Waals surface area contributed by atoms with Gasteiger partial charge in [0.1, 0.15) is 21.7 Å². The van der Waals surface area contributed by atoms with E-state index in [2.05, 4.69) is 10.2 Å². The molecule has 124 valence electrons. The van der Waals surface area contributed by atoms with Crippen LogP contribution in [-0.4, -0.2) is 27.6 Å². The summed E-state index contributed by atoms with van der Waals surface area (Å²) >= 11 is 2.62. The molecule has 1 N–H and O–H groups in total. The normalized spacial score (nSPS) is 19.2. The van der Waals surface area contributed by atoms with E-state index < -0.39 is 5.92 Å². The molecule has 0 aliphatic carbocycles. The van der Waals surface area contributed by atoms with Gasteiger partial charge in [-0.15, -0.1) is 21.5 Å². The Hall–Kier alpha value is -1.99. The van der Waals surface area contributed by atoms with Gasteiger partial charge >= 0.3 is 0 Å². The molecule has 0 unspecified atom stereocenters. The van der Waals surface area contributed by atoms with E-state index in [0.29, 0.717) is 21.6 Å². The average molecular weight is 359 g/mol. The maximum absolute atomic E-state index is 12.7. The molecule has 1 atom stereocenters. The van der Waals surface area contributed by atoms with Gasteiger partial charge in [0.2, 0.25) is 0 Å². The predicted octanol–water partition coefficient (Wildman–Crippen LogP) is 3.92. The highest BCUT2D eigenvalue weighted by molar-refractivity contribution is 8.19. The molecule has 0 bridgehead atoms. The minimum atomic E-state index is -0.596. The Bertz CT molecular complexity index is 796. The number of hydrogen-bond acceptors (Lipinski definition) is 7. The topological polar surface area (TPSA) is 75.9 Å². The Morgan fingerprint density at radius 2 is 2.00 bits per heavy atom. The molecule has 0 amide bonds. The van der Waals surface area contributed by atoms with E-state index in [4.69, 9.17) is 10.1 Å². The van der Waals surface area contributed by atoms with E-state index in [1.807, 2.05) is 44.2 Å². The fourth-order valence-electron chi connectivity index (χ4n) is 2.32. The van der Waals surface area contributed by atoms with Crippen LogP contribution in [-0.2, 0) is 11.2 Å². The third kappa shape index (κ3) is 3.42. The van der Waals surface area contributed by atoms with Crippen molar-refractivity contribution in [2.45, 2.75) is 26.2 Å². The van der Waals surface area contributed by atoms with Gasteiger partial charge in [-0.2, -0.15) is 0 Å². The van der Waals surface area contributed by atoms with E-state index in [0.717, 1.165) is 22.7 Å². The van der Waals surface area contributed by atoms with Gasteiger partial charge in [-0.3, -0.25) is 10.2 Å². The summed E-state index contributed by atoms with van der Waals surface area (Å²) in [5.74, 6) is 0.135. The van der Waals surface area contributed by atoms with Crippen LogP contribution in [0, 0.1) is 5.41 Å². The van der Waals surface area contributed by atoms with Gasteiger partial charge in [0, 0.05) is 0 Å². The van der Waals surface area contributed by atoms with E-state index in [9.17, 15) is 4.79 Å². The molecule has 24 heavy (non-hydrogen) atoms. The van der Waals surface area contributed by atoms with Gasteiger partial charge in [0.25, 0.3) is 0 Å². The van der Waals surface area contributed by atoms with Crippen LogP contribution >= 0.6 is 23.1 Å². The highest BCUT2D eigenvalue weighted by Gasteiger charge is 2.39. The first-order valence-corrected chi connectivity index (χ1v) is 9.33. The van der Waals surface area contributed by atoms with Gasteiger partial charge in [0.15, 0.2) is 5.78 Å². The zero-order valence-electron chi connectivity index (χ0n) is 13.4. The van der Waals surface area contributed by atoms with Crippen LogP contribution in [0.2, 0.25) is 0 Å². The molecule has 5 nitrogen and oxygen atoms in total. The van der Waals surface area contributed by atoms with Crippen molar-refractivity contribution in [2.75, 3.05) is 6.61 Å². The predicted molar refractivity (Wildman–Crippen MR) is 97.9 cm³/mol. The van der Waals surface area contributed by atoms with Crippen LogP contribution in [0.4, 0.5) is 0 Å². The van der Waals surface area contributed by atoms with Crippen LogP contribution in [0.15, 0.2) is 29.2 Å². The lowest BCUT2D eigenvalue weighted by molar-refractivity contribution is -0.114. The van der Waals surface area contributed by atoms with Crippen LogP contribution < -0.4 is 4.74 Å². The molecule has 0 spiro atoms. The molecule has 1 aromatic carbocycles. The quantitative estimate of drug-likeness (QED) is 0.819. The van der Waals surface area contributed by atoms with Crippen molar-refractivity contribution < 1.29 is 9.53 Å². The summed E-state index contributed by atoms with van der Waals surface area (Å²) in [5.41, 5.74) is 0.911. The second kappa shape index (κ2) is 7.27. The number of ketones is 1. The lowest BCUT2D eigenvalue weighted by atomic mass is 10.1. The molecular weight excluding hydrogens is 342 g/mol. The number of aromatic nitrogens is 2. The van der Waals surface area contributed by atoms with E-state index >= 15 is 0 Å². The first kappa shape index (κ1) is 16.9. The van der Waals surface area contributed by atoms with Crippen molar-refractivity contribution in [2.24, 2.45) is 0 Å². The van der Waals surface area contributed by atoms with Crippen LogP contribution in [0.25, 0.3) is 6.08 Å². The Kier molecular flexibility index (Phi) is 5.11. The number of carbonyl (C=O) groups excluding carboxylic acids is 1. The standard InChI is InChI=1S/C17H17N3O2S2/c1-3-13-19-20-17(24-13)14-15(21)12(23-16(14)18)9-10-5-7-11(8-6-10)22-4-2/h5-9,14,18H,3-4H2,1-2H3/b12-9-,18-16?/t14-/m0/s1. The molecule has 7 heteroatoms. The van der Waals surface area contributed by atoms with Gasteiger partial charge in [0.05, 0.1) is 16.6 Å². The largest absolute Gasteiger partial charge is 0.494 e. The Labute approximate surface area is 148 Å². The van der Waals surface area contributed by atoms with Crippen molar-refractivity contribution in [3.63, 3.8) is 0 Å². The van der Waals surface area contributed by atoms with Crippen molar-refractivity contribution in [1.82, 2.24) is 10.2 Å². The molecule has 1 saturated heterocycles. The highest BCUT2D eigenvalue weighted by Crippen LogP contribution is 2.41. The van der Waals surface area contributed by atoms with Gasteiger partial charge in [-0.1, -0.05) is 30.8 Å². The third-order valence-electron chi connectivity index (χ3n) is 3.51. The molecule has 1 aliphatic heterocycles. The second-order valence-corrected chi connectivity index (χ2v) is 7.34. The smallest absolute Gasteiger partial charge is 0.186 e. The fraction of sp³-hybridized carbons (Fsp3) is 0.294. The highest BCUT2D eigenvalue weighted by atomic mass is 32.2. The van der Waals surface area contributed by atoms with Crippen molar-refractivity contribution in [1.29, 1.82) is 5.41 Å². The number of aryl methyl sites for hydroxylation is 1. The summed E-state index contributed by atoms with van der Waals surface area (Å²) in [7, 11) is 0. The zero-order valence-corrected chi connectivity index (χ0v) is 15.0. The van der Waals surface area contributed by atoms with Gasteiger partial charge in [-0.05, 0) is 37.1 Å². The molecule has 0 radical (unpaired) electrons. The van der Waals surface area contributed by atoms with Crippen LogP contribution in [0.3, 0.4) is 0 Å². The Morgan fingerprint density at radius 3 is 2.62 bits per heavy atom. The summed E-state index contributed by atoms with van der Waals surface area (Å²) in [6.45, 7) is 4.56. The summed E-state index contributed by atoms with van der Waals surface area (Å²) in [6, 6.07) is 7.56. The molecule has 0 saturated carbocycles. The lowest BCUT2D eigenvalue weighted by Crippen LogP contribution is -2.11. The van der Waals surface area contributed by atoms with Crippen LogP contribution in [0.1, 0.15) is 35.3 Å². The molecular formula is C17H17N3O2S2. The summed E-state index contributed by atoms with van der Waals surface area (Å²) in [4.78, 5) is 13.2. The first-order valence-electron chi connectivity index (χ1n) is 7.69. The number of rotatable bonds is 5. The second-order valence-electron chi connectivity index (χ2n) is 5.16. The maximum Gasteiger partial charge on any atom is 0.186 e. The molecule has 3 rings (SSSR count). The number of carbonyl (C=O) groups is 1. The van der Waals surface area contributed by atoms with Crippen molar-refractivity contribution in [3.05, 3.63) is 44.7 Å². The van der Waals surface area contributed by atoms with Crippen molar-refractivity contribution in [3.8, 4) is 5.75 Å². The zero-order chi connectivity index (χ0) is 17.1.